The predicted molar refractivity (Wildman–Crippen MR) is 131 cm³/mol. The molecule has 1 saturated heterocycles. The first-order valence-electron chi connectivity index (χ1n) is 11.3. The van der Waals surface area contributed by atoms with E-state index in [0.29, 0.717) is 25.9 Å². The Morgan fingerprint density at radius 2 is 1.61 bits per heavy atom. The molecule has 0 aromatic heterocycles. The van der Waals surface area contributed by atoms with E-state index in [2.05, 4.69) is 23.5 Å². The van der Waals surface area contributed by atoms with Crippen LogP contribution in [0.15, 0.2) is 89.8 Å². The van der Waals surface area contributed by atoms with Crippen molar-refractivity contribution in [3.05, 3.63) is 90.5 Å². The Morgan fingerprint density at radius 3 is 2.45 bits per heavy atom. The second kappa shape index (κ2) is 8.96. The van der Waals surface area contributed by atoms with Gasteiger partial charge in [-0.3, -0.25) is 4.79 Å². The fraction of sp³-hybridized carbons (Fsp3) is 0.222. The summed E-state index contributed by atoms with van der Waals surface area (Å²) in [5, 5.41) is 7.18. The molecule has 6 heteroatoms. The summed E-state index contributed by atoms with van der Waals surface area (Å²) >= 11 is 0. The molecule has 4 aromatic carbocycles. The van der Waals surface area contributed by atoms with Gasteiger partial charge in [0.15, 0.2) is 0 Å². The Morgan fingerprint density at radius 1 is 0.879 bits per heavy atom. The van der Waals surface area contributed by atoms with E-state index in [0.717, 1.165) is 27.1 Å². The van der Waals surface area contributed by atoms with Crippen molar-refractivity contribution in [2.75, 3.05) is 13.1 Å². The topological polar surface area (TPSA) is 66.5 Å². The molecule has 0 saturated carbocycles. The molecule has 1 fully saturated rings. The molecule has 1 unspecified atom stereocenters. The summed E-state index contributed by atoms with van der Waals surface area (Å²) < 4.78 is 28.1. The van der Waals surface area contributed by atoms with E-state index in [9.17, 15) is 13.2 Å². The molecule has 1 aliphatic rings. The fourth-order valence-electron chi connectivity index (χ4n) is 4.62. The Labute approximate surface area is 194 Å². The maximum absolute atomic E-state index is 13.3. The third-order valence-corrected chi connectivity index (χ3v) is 8.31. The highest BCUT2D eigenvalue weighted by Crippen LogP contribution is 2.26. The first kappa shape index (κ1) is 21.6. The average Bonchev–Trinajstić information content (AvgIpc) is 2.87. The number of rotatable bonds is 5. The van der Waals surface area contributed by atoms with Gasteiger partial charge in [-0.15, -0.1) is 0 Å². The van der Waals surface area contributed by atoms with Crippen LogP contribution in [0.3, 0.4) is 0 Å². The smallest absolute Gasteiger partial charge is 0.243 e. The molecule has 168 valence electrons. The van der Waals surface area contributed by atoms with Crippen LogP contribution in [0.25, 0.3) is 21.5 Å². The van der Waals surface area contributed by atoms with E-state index in [1.807, 2.05) is 54.6 Å². The lowest BCUT2D eigenvalue weighted by molar-refractivity contribution is -0.126. The van der Waals surface area contributed by atoms with E-state index in [1.165, 1.54) is 4.31 Å². The Balaban J connectivity index is 1.30. The number of benzene rings is 4. The van der Waals surface area contributed by atoms with Crippen LogP contribution in [0.5, 0.6) is 0 Å². The number of piperidine rings is 1. The predicted octanol–water partition coefficient (Wildman–Crippen LogP) is 4.71. The van der Waals surface area contributed by atoms with Crippen molar-refractivity contribution in [3.63, 3.8) is 0 Å². The third-order valence-electron chi connectivity index (χ3n) is 6.45. The summed E-state index contributed by atoms with van der Waals surface area (Å²) in [7, 11) is -3.66. The van der Waals surface area contributed by atoms with Crippen molar-refractivity contribution in [1.82, 2.24) is 9.62 Å². The number of carbonyl (C=O) groups excluding carboxylic acids is 1. The molecular formula is C27H26N2O3S. The minimum absolute atomic E-state index is 0.0960. The van der Waals surface area contributed by atoms with E-state index >= 15 is 0 Å². The zero-order valence-corrected chi connectivity index (χ0v) is 19.1. The van der Waals surface area contributed by atoms with Crippen molar-refractivity contribution >= 4 is 37.5 Å². The largest absolute Gasteiger partial charge is 0.352 e. The van der Waals surface area contributed by atoms with E-state index in [-0.39, 0.29) is 23.3 Å². The SMILES string of the molecule is O=C(NCc1cccc2ccccc12)C1CCCN(S(=O)(=O)c2ccc3ccccc3c2)C1. The van der Waals surface area contributed by atoms with Crippen LogP contribution >= 0.6 is 0 Å². The van der Waals surface area contributed by atoms with Crippen molar-refractivity contribution in [1.29, 1.82) is 0 Å². The van der Waals surface area contributed by atoms with Crippen LogP contribution in [-0.2, 0) is 21.4 Å². The van der Waals surface area contributed by atoms with Gasteiger partial charge >= 0.3 is 0 Å². The Hall–Kier alpha value is -3.22. The van der Waals surface area contributed by atoms with Gasteiger partial charge in [-0.25, -0.2) is 8.42 Å². The highest BCUT2D eigenvalue weighted by atomic mass is 32.2. The molecule has 0 radical (unpaired) electrons. The highest BCUT2D eigenvalue weighted by molar-refractivity contribution is 7.89. The Bertz CT molecular complexity index is 1430. The molecule has 0 bridgehead atoms. The number of hydrogen-bond donors (Lipinski definition) is 1. The van der Waals surface area contributed by atoms with Crippen LogP contribution in [0.1, 0.15) is 18.4 Å². The molecule has 0 aliphatic carbocycles. The molecule has 33 heavy (non-hydrogen) atoms. The molecule has 1 N–H and O–H groups in total. The second-order valence-corrected chi connectivity index (χ2v) is 10.5. The van der Waals surface area contributed by atoms with Gasteiger partial charge in [0, 0.05) is 19.6 Å². The number of hydrogen-bond acceptors (Lipinski definition) is 3. The van der Waals surface area contributed by atoms with Crippen LogP contribution in [0.4, 0.5) is 0 Å². The molecule has 1 aliphatic heterocycles. The lowest BCUT2D eigenvalue weighted by Gasteiger charge is -2.31. The lowest BCUT2D eigenvalue weighted by Crippen LogP contribution is -2.45. The van der Waals surface area contributed by atoms with Crippen LogP contribution in [0, 0.1) is 5.92 Å². The van der Waals surface area contributed by atoms with Crippen LogP contribution < -0.4 is 5.32 Å². The highest BCUT2D eigenvalue weighted by Gasteiger charge is 2.33. The number of fused-ring (bicyclic) bond motifs is 2. The van der Waals surface area contributed by atoms with Crippen molar-refractivity contribution in [3.8, 4) is 0 Å². The molecule has 4 aromatic rings. The van der Waals surface area contributed by atoms with Crippen LogP contribution in [-0.4, -0.2) is 31.7 Å². The first-order chi connectivity index (χ1) is 16.0. The van der Waals surface area contributed by atoms with Crippen molar-refractivity contribution in [2.24, 2.45) is 5.92 Å². The summed E-state index contributed by atoms with van der Waals surface area (Å²) in [6.07, 6.45) is 1.35. The van der Waals surface area contributed by atoms with Crippen LogP contribution in [0.2, 0.25) is 0 Å². The lowest BCUT2D eigenvalue weighted by atomic mass is 9.98. The number of nitrogens with one attached hydrogen (secondary N) is 1. The van der Waals surface area contributed by atoms with Gasteiger partial charge in [0.2, 0.25) is 15.9 Å². The molecule has 1 heterocycles. The van der Waals surface area contributed by atoms with Crippen molar-refractivity contribution in [2.45, 2.75) is 24.3 Å². The quantitative estimate of drug-likeness (QED) is 0.471. The molecule has 0 spiro atoms. The fourth-order valence-corrected chi connectivity index (χ4v) is 6.18. The van der Waals surface area contributed by atoms with Gasteiger partial charge in [0.1, 0.15) is 0 Å². The van der Waals surface area contributed by atoms with E-state index in [4.69, 9.17) is 0 Å². The monoisotopic (exact) mass is 458 g/mol. The normalized spacial score (nSPS) is 17.3. The summed E-state index contributed by atoms with van der Waals surface area (Å²) in [5.74, 6) is -0.453. The summed E-state index contributed by atoms with van der Waals surface area (Å²) in [5.41, 5.74) is 1.05. The standard InChI is InChI=1S/C27H26N2O3S/c30-27(28-18-23-11-5-10-21-8-3-4-13-26(21)23)24-12-6-16-29(19-24)33(31,32)25-15-14-20-7-1-2-9-22(20)17-25/h1-5,7-11,13-15,17,24H,6,12,16,18-19H2,(H,28,30). The minimum atomic E-state index is -3.66. The van der Waals surface area contributed by atoms with Gasteiger partial charge in [0.25, 0.3) is 0 Å². The van der Waals surface area contributed by atoms with Crippen molar-refractivity contribution < 1.29 is 13.2 Å². The van der Waals surface area contributed by atoms with Gasteiger partial charge in [-0.05, 0) is 52.1 Å². The third kappa shape index (κ3) is 4.36. The zero-order valence-electron chi connectivity index (χ0n) is 18.3. The van der Waals surface area contributed by atoms with E-state index in [1.54, 1.807) is 12.1 Å². The van der Waals surface area contributed by atoms with Gasteiger partial charge in [-0.1, -0.05) is 72.8 Å². The number of carbonyl (C=O) groups is 1. The molecule has 5 nitrogen and oxygen atoms in total. The van der Waals surface area contributed by atoms with Gasteiger partial charge in [0.05, 0.1) is 10.8 Å². The average molecular weight is 459 g/mol. The number of nitrogens with zero attached hydrogens (tertiary/aromatic N) is 1. The summed E-state index contributed by atoms with van der Waals surface area (Å²) in [6, 6.07) is 27.1. The summed E-state index contributed by atoms with van der Waals surface area (Å²) in [6.45, 7) is 1.06. The molecule has 1 amide bonds. The first-order valence-corrected chi connectivity index (χ1v) is 12.7. The second-order valence-electron chi connectivity index (χ2n) is 8.57. The Kier molecular flexibility index (Phi) is 5.87. The molecule has 1 atom stereocenters. The summed E-state index contributed by atoms with van der Waals surface area (Å²) in [4.78, 5) is 13.2. The molecule has 5 rings (SSSR count). The number of sulfonamides is 1. The minimum Gasteiger partial charge on any atom is -0.352 e. The van der Waals surface area contributed by atoms with Gasteiger partial charge in [-0.2, -0.15) is 4.31 Å². The maximum atomic E-state index is 13.3. The van der Waals surface area contributed by atoms with Gasteiger partial charge < -0.3 is 5.32 Å². The number of amides is 1. The maximum Gasteiger partial charge on any atom is 0.243 e. The molecular weight excluding hydrogens is 432 g/mol. The van der Waals surface area contributed by atoms with E-state index < -0.39 is 10.0 Å². The zero-order chi connectivity index (χ0) is 22.8.